The summed E-state index contributed by atoms with van der Waals surface area (Å²) in [6.45, 7) is 7.24. The third kappa shape index (κ3) is 2.09. The maximum atomic E-state index is 12.1. The molecule has 98 valence electrons. The average molecular weight is 273 g/mol. The van der Waals surface area contributed by atoms with Crippen LogP contribution in [-0.4, -0.2) is 31.3 Å². The molecule has 1 aromatic rings. The molecular weight excluding hydrogens is 251 g/mol. The summed E-state index contributed by atoms with van der Waals surface area (Å²) in [6, 6.07) is -0.231. The molecule has 1 aromatic heterocycles. The molecule has 1 fully saturated rings. The van der Waals surface area contributed by atoms with E-state index < -0.39 is 31.3 Å². The Morgan fingerprint density at radius 1 is 1.44 bits per heavy atom. The van der Waals surface area contributed by atoms with E-state index in [4.69, 9.17) is 16.2 Å². The lowest BCUT2D eigenvalue weighted by Crippen LogP contribution is -2.41. The molecule has 0 bridgehead atoms. The Kier molecular flexibility index (Phi) is 2.03. The Labute approximate surface area is 118 Å². The SMILES string of the molecule is [2H]c1sc(C(=O)OC([2H])([2H])[2H])c(B2OC(C)(C)C(C)(C)O2)c1[2H]. The van der Waals surface area contributed by atoms with E-state index in [0.717, 1.165) is 0 Å². The van der Waals surface area contributed by atoms with Crippen molar-refractivity contribution in [3.05, 3.63) is 16.3 Å². The fraction of sp³-hybridized carbons (Fsp3) is 0.583. The summed E-state index contributed by atoms with van der Waals surface area (Å²) in [4.78, 5) is 11.9. The Bertz CT molecular complexity index is 624. The van der Waals surface area contributed by atoms with E-state index in [1.165, 1.54) is 0 Å². The second-order valence-electron chi connectivity index (χ2n) is 5.05. The van der Waals surface area contributed by atoms with Crippen LogP contribution in [0.15, 0.2) is 11.4 Å². The molecule has 0 saturated carbocycles. The third-order valence-electron chi connectivity index (χ3n) is 3.35. The molecule has 0 spiro atoms. The zero-order chi connectivity index (χ0) is 17.8. The van der Waals surface area contributed by atoms with Crippen molar-refractivity contribution >= 4 is 29.9 Å². The van der Waals surface area contributed by atoms with Crippen LogP contribution in [0.4, 0.5) is 0 Å². The van der Waals surface area contributed by atoms with Gasteiger partial charge in [0, 0.05) is 5.46 Å². The molecule has 0 atom stereocenters. The quantitative estimate of drug-likeness (QED) is 0.609. The lowest BCUT2D eigenvalue weighted by atomic mass is 9.79. The maximum Gasteiger partial charge on any atom is 0.496 e. The molecule has 18 heavy (non-hydrogen) atoms. The lowest BCUT2D eigenvalue weighted by Gasteiger charge is -2.32. The molecule has 1 saturated heterocycles. The van der Waals surface area contributed by atoms with Crippen molar-refractivity contribution in [1.29, 1.82) is 0 Å². The van der Waals surface area contributed by atoms with Gasteiger partial charge < -0.3 is 14.0 Å². The zero-order valence-electron chi connectivity index (χ0n) is 15.6. The molecule has 0 radical (unpaired) electrons. The van der Waals surface area contributed by atoms with Gasteiger partial charge >= 0.3 is 13.1 Å². The number of hydrogen-bond donors (Lipinski definition) is 0. The molecule has 2 rings (SSSR count). The first kappa shape index (κ1) is 8.35. The van der Waals surface area contributed by atoms with Gasteiger partial charge in [-0.05, 0) is 33.1 Å². The first-order valence-corrected chi connectivity index (χ1v) is 6.26. The summed E-state index contributed by atoms with van der Waals surface area (Å²) in [7, 11) is -3.94. The second kappa shape index (κ2) is 4.37. The Morgan fingerprint density at radius 3 is 2.61 bits per heavy atom. The van der Waals surface area contributed by atoms with Crippen molar-refractivity contribution in [2.45, 2.75) is 38.9 Å². The van der Waals surface area contributed by atoms with Gasteiger partial charge in [-0.1, -0.05) is 6.04 Å². The molecule has 0 amide bonds. The number of esters is 1. The molecule has 0 N–H and O–H groups in total. The first-order chi connectivity index (χ1) is 10.3. The summed E-state index contributed by atoms with van der Waals surface area (Å²) in [6.07, 6.45) is 0. The van der Waals surface area contributed by atoms with Crippen molar-refractivity contribution in [1.82, 2.24) is 0 Å². The normalized spacial score (nSPS) is 25.8. The van der Waals surface area contributed by atoms with Crippen molar-refractivity contribution in [3.8, 4) is 0 Å². The standard InChI is InChI=1S/C12H17BO4S/c1-11(2)12(3,4)17-13(16-11)8-6-7-18-9(8)10(14)15-5/h6-7H,1-5H3/i5D3,6D,7D. The third-order valence-corrected chi connectivity index (χ3v) is 4.15. The maximum absolute atomic E-state index is 12.1. The van der Waals surface area contributed by atoms with Gasteiger partial charge in [0.25, 0.3) is 0 Å². The summed E-state index contributed by atoms with van der Waals surface area (Å²) < 4.78 is 52.8. The highest BCUT2D eigenvalue weighted by Gasteiger charge is 2.52. The highest BCUT2D eigenvalue weighted by Crippen LogP contribution is 2.37. The number of methoxy groups -OCH3 is 1. The minimum atomic E-state index is -2.90. The predicted octanol–water partition coefficient (Wildman–Crippen LogP) is 1.83. The minimum Gasteiger partial charge on any atom is -0.465 e. The van der Waals surface area contributed by atoms with Crippen molar-refractivity contribution in [2.75, 3.05) is 7.04 Å². The highest BCUT2D eigenvalue weighted by atomic mass is 32.1. The first-order valence-electron chi connectivity index (χ1n) is 7.94. The second-order valence-corrected chi connectivity index (χ2v) is 5.87. The fourth-order valence-electron chi connectivity index (χ4n) is 1.57. The molecule has 4 nitrogen and oxygen atoms in total. The van der Waals surface area contributed by atoms with Gasteiger partial charge in [0.2, 0.25) is 0 Å². The van der Waals surface area contributed by atoms with E-state index in [2.05, 4.69) is 4.74 Å². The van der Waals surface area contributed by atoms with Crippen molar-refractivity contribution < 1.29 is 25.7 Å². The highest BCUT2D eigenvalue weighted by molar-refractivity contribution is 7.13. The molecule has 0 aromatic carbocycles. The van der Waals surface area contributed by atoms with E-state index in [0.29, 0.717) is 11.3 Å². The van der Waals surface area contributed by atoms with Crippen LogP contribution >= 0.6 is 11.3 Å². The monoisotopic (exact) mass is 273 g/mol. The van der Waals surface area contributed by atoms with Crippen LogP contribution in [0.5, 0.6) is 0 Å². The van der Waals surface area contributed by atoms with Gasteiger partial charge in [-0.15, -0.1) is 11.3 Å². The van der Waals surface area contributed by atoms with E-state index in [1.54, 1.807) is 0 Å². The van der Waals surface area contributed by atoms with Gasteiger partial charge in [0.1, 0.15) is 4.88 Å². The van der Waals surface area contributed by atoms with E-state index in [-0.39, 0.29) is 21.7 Å². The van der Waals surface area contributed by atoms with Crippen LogP contribution in [0.25, 0.3) is 0 Å². The van der Waals surface area contributed by atoms with E-state index in [9.17, 15) is 4.79 Å². The van der Waals surface area contributed by atoms with Crippen LogP contribution in [0.2, 0.25) is 0 Å². The topological polar surface area (TPSA) is 44.8 Å². The smallest absolute Gasteiger partial charge is 0.465 e. The van der Waals surface area contributed by atoms with Crippen LogP contribution in [0.1, 0.15) is 44.2 Å². The molecule has 1 aliphatic heterocycles. The number of hydrogen-bond acceptors (Lipinski definition) is 5. The lowest BCUT2D eigenvalue weighted by molar-refractivity contribution is 0.00578. The summed E-state index contributed by atoms with van der Waals surface area (Å²) in [5.74, 6) is -1.12. The van der Waals surface area contributed by atoms with Crippen LogP contribution < -0.4 is 5.46 Å². The fourth-order valence-corrected chi connectivity index (χ4v) is 2.21. The number of thiophene rings is 1. The largest absolute Gasteiger partial charge is 0.496 e. The summed E-state index contributed by atoms with van der Waals surface area (Å²) in [5, 5.41) is -0.188. The van der Waals surface area contributed by atoms with Crippen molar-refractivity contribution in [2.24, 2.45) is 0 Å². The zero-order valence-corrected chi connectivity index (χ0v) is 11.4. The number of ether oxygens (including phenoxy) is 1. The Morgan fingerprint density at radius 2 is 2.06 bits per heavy atom. The van der Waals surface area contributed by atoms with E-state index in [1.807, 2.05) is 27.7 Å². The molecule has 1 aliphatic rings. The molecule has 0 unspecified atom stereocenters. The summed E-state index contributed by atoms with van der Waals surface area (Å²) >= 11 is 0.672. The van der Waals surface area contributed by atoms with Crippen LogP contribution in [0.3, 0.4) is 0 Å². The van der Waals surface area contributed by atoms with Gasteiger partial charge in [0.05, 0.1) is 25.1 Å². The van der Waals surface area contributed by atoms with Gasteiger partial charge in [0.15, 0.2) is 0 Å². The van der Waals surface area contributed by atoms with Gasteiger partial charge in [-0.2, -0.15) is 0 Å². The number of carbonyl (C=O) groups is 1. The summed E-state index contributed by atoms with van der Waals surface area (Å²) in [5.41, 5.74) is -1.35. The predicted molar refractivity (Wildman–Crippen MR) is 71.4 cm³/mol. The van der Waals surface area contributed by atoms with Crippen LogP contribution in [-0.2, 0) is 14.0 Å². The minimum absolute atomic E-state index is 0.0351. The van der Waals surface area contributed by atoms with E-state index >= 15 is 0 Å². The van der Waals surface area contributed by atoms with Gasteiger partial charge in [-0.3, -0.25) is 0 Å². The molecule has 2 heterocycles. The van der Waals surface area contributed by atoms with Crippen LogP contribution in [0, 0.1) is 0 Å². The van der Waals surface area contributed by atoms with Gasteiger partial charge in [-0.25, -0.2) is 4.79 Å². The Hall–Kier alpha value is -0.845. The molecule has 0 aliphatic carbocycles. The average Bonchev–Trinajstić information content (AvgIpc) is 2.72. The Balaban J connectivity index is 2.42. The number of carbonyl (C=O) groups excluding carboxylic acids is 1. The molecule has 6 heteroatoms. The van der Waals surface area contributed by atoms with Crippen molar-refractivity contribution in [3.63, 3.8) is 0 Å². The molecular formula is C12H17BO4S. The number of rotatable bonds is 2.